The number of amides is 1. The van der Waals surface area contributed by atoms with Gasteiger partial charge < -0.3 is 22.1 Å². The first-order valence-electron chi connectivity index (χ1n) is 9.47. The molecule has 1 saturated carbocycles. The number of benzene rings is 1. The number of anilines is 3. The molecular formula is C19H21N9O2. The van der Waals surface area contributed by atoms with Crippen LogP contribution in [0.1, 0.15) is 29.6 Å². The van der Waals surface area contributed by atoms with Crippen LogP contribution in [-0.2, 0) is 4.79 Å². The molecule has 1 aromatic carbocycles. The fourth-order valence-electron chi connectivity index (χ4n) is 3.32. The highest BCUT2D eigenvalue weighted by Gasteiger charge is 2.29. The summed E-state index contributed by atoms with van der Waals surface area (Å²) in [7, 11) is 0. The van der Waals surface area contributed by atoms with Crippen molar-refractivity contribution in [3.8, 4) is 5.69 Å². The summed E-state index contributed by atoms with van der Waals surface area (Å²) >= 11 is 0. The summed E-state index contributed by atoms with van der Waals surface area (Å²) in [6, 6.07) is 6.38. The van der Waals surface area contributed by atoms with E-state index in [0.29, 0.717) is 12.1 Å². The molecule has 4 rings (SSSR count). The molecule has 0 spiro atoms. The third-order valence-corrected chi connectivity index (χ3v) is 4.87. The smallest absolute Gasteiger partial charge is 0.254 e. The number of carbonyl (C=O) groups excluding carboxylic acids is 2. The van der Waals surface area contributed by atoms with Crippen molar-refractivity contribution in [2.24, 2.45) is 11.5 Å². The Morgan fingerprint density at radius 3 is 2.80 bits per heavy atom. The summed E-state index contributed by atoms with van der Waals surface area (Å²) in [6.45, 7) is 0. The second kappa shape index (κ2) is 8.25. The topological polar surface area (TPSA) is 167 Å². The van der Waals surface area contributed by atoms with Crippen molar-refractivity contribution in [3.05, 3.63) is 48.4 Å². The molecule has 0 saturated heterocycles. The van der Waals surface area contributed by atoms with Crippen molar-refractivity contribution >= 4 is 29.1 Å². The fraction of sp³-hybridized carbons (Fsp3) is 0.263. The molecule has 0 radical (unpaired) electrons. The van der Waals surface area contributed by atoms with Crippen LogP contribution in [0, 0.1) is 0 Å². The van der Waals surface area contributed by atoms with E-state index in [0.717, 1.165) is 18.5 Å². The van der Waals surface area contributed by atoms with Crippen molar-refractivity contribution in [2.75, 3.05) is 10.6 Å². The third kappa shape index (κ3) is 4.10. The van der Waals surface area contributed by atoms with Crippen molar-refractivity contribution in [3.63, 3.8) is 0 Å². The maximum atomic E-state index is 11.9. The van der Waals surface area contributed by atoms with E-state index in [1.165, 1.54) is 11.0 Å². The molecule has 1 amide bonds. The molecule has 1 aliphatic rings. The number of Topliss-reactive ketones (excluding diaryl/α,β-unsaturated/α-hetero) is 1. The molecule has 11 heteroatoms. The third-order valence-electron chi connectivity index (χ3n) is 4.87. The second-order valence-electron chi connectivity index (χ2n) is 6.95. The van der Waals surface area contributed by atoms with Gasteiger partial charge in [0.05, 0.1) is 30.2 Å². The number of nitrogens with one attached hydrogen (secondary N) is 2. The number of ketones is 1. The van der Waals surface area contributed by atoms with E-state index in [2.05, 4.69) is 30.8 Å². The SMILES string of the molecule is NC(=O)c1cnc(NC2CCCC(=O)C2N)nc1Nc1cccc(-n2nccn2)c1. The van der Waals surface area contributed by atoms with Gasteiger partial charge in [0.2, 0.25) is 5.95 Å². The highest BCUT2D eigenvalue weighted by molar-refractivity contribution is 5.98. The summed E-state index contributed by atoms with van der Waals surface area (Å²) < 4.78 is 0. The van der Waals surface area contributed by atoms with Gasteiger partial charge in [-0.05, 0) is 31.0 Å². The maximum Gasteiger partial charge on any atom is 0.254 e. The molecule has 30 heavy (non-hydrogen) atoms. The number of nitrogens with zero attached hydrogens (tertiary/aromatic N) is 5. The Labute approximate surface area is 171 Å². The van der Waals surface area contributed by atoms with Crippen molar-refractivity contribution in [1.29, 1.82) is 0 Å². The summed E-state index contributed by atoms with van der Waals surface area (Å²) in [5.74, 6) is -0.169. The van der Waals surface area contributed by atoms with E-state index in [-0.39, 0.29) is 29.2 Å². The molecule has 11 nitrogen and oxygen atoms in total. The van der Waals surface area contributed by atoms with Crippen LogP contribution < -0.4 is 22.1 Å². The van der Waals surface area contributed by atoms with Gasteiger partial charge in [0.1, 0.15) is 11.4 Å². The molecular weight excluding hydrogens is 386 g/mol. The van der Waals surface area contributed by atoms with Gasteiger partial charge in [-0.1, -0.05) is 6.07 Å². The minimum atomic E-state index is -0.668. The predicted octanol–water partition coefficient (Wildman–Crippen LogP) is 0.761. The summed E-state index contributed by atoms with van der Waals surface area (Å²) in [5.41, 5.74) is 13.0. The Hall–Kier alpha value is -3.86. The minimum absolute atomic E-state index is 0.00917. The lowest BCUT2D eigenvalue weighted by atomic mass is 9.90. The molecule has 0 bridgehead atoms. The van der Waals surface area contributed by atoms with Gasteiger partial charge in [-0.25, -0.2) is 4.98 Å². The van der Waals surface area contributed by atoms with Gasteiger partial charge in [0.15, 0.2) is 5.78 Å². The number of rotatable bonds is 6. The van der Waals surface area contributed by atoms with Gasteiger partial charge in [0.25, 0.3) is 5.91 Å². The van der Waals surface area contributed by atoms with Crippen molar-refractivity contribution < 1.29 is 9.59 Å². The Kier molecular flexibility index (Phi) is 5.35. The molecule has 1 fully saturated rings. The van der Waals surface area contributed by atoms with Crippen LogP contribution in [0.3, 0.4) is 0 Å². The number of aromatic nitrogens is 5. The molecule has 2 heterocycles. The number of hydrogen-bond acceptors (Lipinski definition) is 9. The largest absolute Gasteiger partial charge is 0.365 e. The number of hydrogen-bond donors (Lipinski definition) is 4. The van der Waals surface area contributed by atoms with Crippen molar-refractivity contribution in [2.45, 2.75) is 31.3 Å². The Bertz CT molecular complexity index is 1070. The Morgan fingerprint density at radius 2 is 2.03 bits per heavy atom. The number of nitrogens with two attached hydrogens (primary N) is 2. The van der Waals surface area contributed by atoms with Crippen LogP contribution >= 0.6 is 0 Å². The van der Waals surface area contributed by atoms with Crippen LogP contribution in [0.25, 0.3) is 5.69 Å². The molecule has 2 unspecified atom stereocenters. The first-order valence-corrected chi connectivity index (χ1v) is 9.47. The molecule has 2 aromatic heterocycles. The zero-order valence-corrected chi connectivity index (χ0v) is 16.0. The van der Waals surface area contributed by atoms with Crippen LogP contribution in [0.2, 0.25) is 0 Å². The first-order chi connectivity index (χ1) is 14.5. The van der Waals surface area contributed by atoms with E-state index < -0.39 is 11.9 Å². The predicted molar refractivity (Wildman–Crippen MR) is 109 cm³/mol. The zero-order chi connectivity index (χ0) is 21.1. The van der Waals surface area contributed by atoms with Crippen molar-refractivity contribution in [1.82, 2.24) is 25.0 Å². The molecule has 6 N–H and O–H groups in total. The van der Waals surface area contributed by atoms with Gasteiger partial charge in [-0.2, -0.15) is 20.0 Å². The molecule has 0 aliphatic heterocycles. The Balaban J connectivity index is 1.60. The lowest BCUT2D eigenvalue weighted by Crippen LogP contribution is -2.49. The first kappa shape index (κ1) is 19.5. The maximum absolute atomic E-state index is 11.9. The Morgan fingerprint density at radius 1 is 1.23 bits per heavy atom. The lowest BCUT2D eigenvalue weighted by Gasteiger charge is -2.28. The van der Waals surface area contributed by atoms with E-state index in [4.69, 9.17) is 11.5 Å². The normalized spacial score (nSPS) is 18.8. The van der Waals surface area contributed by atoms with Gasteiger partial charge >= 0.3 is 0 Å². The summed E-state index contributed by atoms with van der Waals surface area (Å²) in [6.07, 6.45) is 6.46. The van der Waals surface area contributed by atoms with E-state index in [1.54, 1.807) is 18.5 Å². The molecule has 3 aromatic rings. The lowest BCUT2D eigenvalue weighted by molar-refractivity contribution is -0.121. The van der Waals surface area contributed by atoms with Crippen LogP contribution in [0.5, 0.6) is 0 Å². The standard InChI is InChI=1S/C19H21N9O2/c20-16-14(5-2-6-15(16)29)26-19-22-10-13(17(21)30)18(27-19)25-11-3-1-4-12(9-11)28-23-7-8-24-28/h1,3-4,7-10,14,16H,2,5-6,20H2,(H2,21,30)(H2,22,25,26,27). The summed E-state index contributed by atoms with van der Waals surface area (Å²) in [4.78, 5) is 33.8. The fourth-order valence-corrected chi connectivity index (χ4v) is 3.32. The average molecular weight is 407 g/mol. The number of carbonyl (C=O) groups is 2. The minimum Gasteiger partial charge on any atom is -0.365 e. The van der Waals surface area contributed by atoms with Gasteiger partial charge in [0, 0.05) is 18.3 Å². The van der Waals surface area contributed by atoms with E-state index >= 15 is 0 Å². The van der Waals surface area contributed by atoms with Gasteiger partial charge in [-0.15, -0.1) is 0 Å². The van der Waals surface area contributed by atoms with Crippen LogP contribution in [0.15, 0.2) is 42.9 Å². The quantitative estimate of drug-likeness (QED) is 0.461. The number of primary amides is 1. The molecule has 154 valence electrons. The van der Waals surface area contributed by atoms with Gasteiger partial charge in [-0.3, -0.25) is 9.59 Å². The average Bonchev–Trinajstić information content (AvgIpc) is 3.27. The molecule has 1 aliphatic carbocycles. The van der Waals surface area contributed by atoms with E-state index in [1.807, 2.05) is 18.2 Å². The zero-order valence-electron chi connectivity index (χ0n) is 16.0. The monoisotopic (exact) mass is 407 g/mol. The van der Waals surface area contributed by atoms with E-state index in [9.17, 15) is 9.59 Å². The highest BCUT2D eigenvalue weighted by Crippen LogP contribution is 2.23. The van der Waals surface area contributed by atoms with Crippen LogP contribution in [-0.4, -0.2) is 48.7 Å². The second-order valence-corrected chi connectivity index (χ2v) is 6.95. The van der Waals surface area contributed by atoms with Crippen LogP contribution in [0.4, 0.5) is 17.5 Å². The highest BCUT2D eigenvalue weighted by atomic mass is 16.1. The molecule has 2 atom stereocenters. The summed E-state index contributed by atoms with van der Waals surface area (Å²) in [5, 5.41) is 14.4.